The Balaban J connectivity index is 2.22. The van der Waals surface area contributed by atoms with Crippen LogP contribution in [0.3, 0.4) is 0 Å². The molecule has 2 atom stereocenters. The van der Waals surface area contributed by atoms with Crippen molar-refractivity contribution >= 4 is 17.3 Å². The number of halogens is 1. The Hall–Kier alpha value is -1.11. The average Bonchev–Trinajstić information content (AvgIpc) is 2.41. The van der Waals surface area contributed by atoms with Gasteiger partial charge in [-0.15, -0.1) is 0 Å². The predicted molar refractivity (Wildman–Crippen MR) is 86.1 cm³/mol. The van der Waals surface area contributed by atoms with Crippen molar-refractivity contribution < 1.29 is 0 Å². The zero-order valence-corrected chi connectivity index (χ0v) is 13.7. The molecule has 2 rings (SSSR count). The van der Waals surface area contributed by atoms with E-state index in [9.17, 15) is 4.79 Å². The Bertz CT molecular complexity index is 545. The lowest BCUT2D eigenvalue weighted by molar-refractivity contribution is 0.367. The fourth-order valence-electron chi connectivity index (χ4n) is 2.68. The first-order valence-electron chi connectivity index (χ1n) is 7.32. The van der Waals surface area contributed by atoms with E-state index in [-0.39, 0.29) is 22.7 Å². The van der Waals surface area contributed by atoms with Gasteiger partial charge in [-0.3, -0.25) is 4.79 Å². The smallest absolute Gasteiger partial charge is 0.287 e. The number of aromatic nitrogens is 2. The van der Waals surface area contributed by atoms with Gasteiger partial charge in [-0.25, -0.2) is 4.68 Å². The highest BCUT2D eigenvalue weighted by atomic mass is 35.5. The number of nitrogens with two attached hydrogens (primary N) is 1. The van der Waals surface area contributed by atoms with E-state index in [1.807, 2.05) is 19.0 Å². The number of piperidine rings is 1. The molecular formula is C14H24ClN5O. The molecule has 0 aliphatic carbocycles. The minimum atomic E-state index is -0.224. The Kier molecular flexibility index (Phi) is 5.24. The summed E-state index contributed by atoms with van der Waals surface area (Å²) in [6, 6.07) is 0.494. The molecule has 118 valence electrons. The standard InChI is InChI=1S/C14H24ClN5O/c1-10-8-11(16)4-5-19(10)12-9-17-20(7-6-18(2)3)14(21)13(12)15/h9-11H,4-8,16H2,1-3H3. The molecule has 1 fully saturated rings. The van der Waals surface area contributed by atoms with Gasteiger partial charge in [-0.2, -0.15) is 5.10 Å². The molecule has 0 spiro atoms. The van der Waals surface area contributed by atoms with Gasteiger partial charge in [-0.1, -0.05) is 11.6 Å². The highest BCUT2D eigenvalue weighted by Gasteiger charge is 2.26. The highest BCUT2D eigenvalue weighted by Crippen LogP contribution is 2.27. The van der Waals surface area contributed by atoms with Crippen molar-refractivity contribution in [2.45, 2.75) is 38.4 Å². The molecule has 1 aromatic rings. The summed E-state index contributed by atoms with van der Waals surface area (Å²) in [6.07, 6.45) is 3.51. The SMILES string of the molecule is CC1CC(N)CCN1c1cnn(CCN(C)C)c(=O)c1Cl. The quantitative estimate of drug-likeness (QED) is 0.889. The van der Waals surface area contributed by atoms with E-state index >= 15 is 0 Å². The molecule has 1 saturated heterocycles. The van der Waals surface area contributed by atoms with Gasteiger partial charge < -0.3 is 15.5 Å². The fourth-order valence-corrected chi connectivity index (χ4v) is 2.93. The van der Waals surface area contributed by atoms with Crippen molar-refractivity contribution in [3.8, 4) is 0 Å². The summed E-state index contributed by atoms with van der Waals surface area (Å²) in [6.45, 7) is 4.20. The van der Waals surface area contributed by atoms with E-state index in [0.29, 0.717) is 6.54 Å². The van der Waals surface area contributed by atoms with Crippen LogP contribution in [0.15, 0.2) is 11.0 Å². The van der Waals surface area contributed by atoms with Crippen molar-refractivity contribution in [2.75, 3.05) is 32.1 Å². The molecule has 2 heterocycles. The molecule has 2 unspecified atom stereocenters. The predicted octanol–water partition coefficient (Wildman–Crippen LogP) is 0.774. The van der Waals surface area contributed by atoms with Crippen LogP contribution in [0.5, 0.6) is 0 Å². The summed E-state index contributed by atoms with van der Waals surface area (Å²) in [5, 5.41) is 4.52. The van der Waals surface area contributed by atoms with E-state index in [1.165, 1.54) is 4.68 Å². The van der Waals surface area contributed by atoms with Gasteiger partial charge in [0.25, 0.3) is 5.56 Å². The molecule has 0 amide bonds. The van der Waals surface area contributed by atoms with E-state index in [1.54, 1.807) is 6.20 Å². The fraction of sp³-hybridized carbons (Fsp3) is 0.714. The summed E-state index contributed by atoms with van der Waals surface area (Å²) < 4.78 is 1.42. The molecule has 0 bridgehead atoms. The Morgan fingerprint density at radius 2 is 2.24 bits per heavy atom. The third-order valence-electron chi connectivity index (χ3n) is 3.95. The van der Waals surface area contributed by atoms with E-state index in [2.05, 4.69) is 16.9 Å². The van der Waals surface area contributed by atoms with Crippen molar-refractivity contribution in [3.63, 3.8) is 0 Å². The van der Waals surface area contributed by atoms with Crippen LogP contribution in [0, 0.1) is 0 Å². The third-order valence-corrected chi connectivity index (χ3v) is 4.31. The Morgan fingerprint density at radius 3 is 2.86 bits per heavy atom. The molecule has 7 heteroatoms. The van der Waals surface area contributed by atoms with Crippen LogP contribution in [-0.2, 0) is 6.54 Å². The first-order valence-corrected chi connectivity index (χ1v) is 7.70. The maximum absolute atomic E-state index is 12.3. The van der Waals surface area contributed by atoms with Gasteiger partial charge in [0.05, 0.1) is 18.4 Å². The lowest BCUT2D eigenvalue weighted by Crippen LogP contribution is -2.46. The van der Waals surface area contributed by atoms with Crippen LogP contribution >= 0.6 is 11.6 Å². The molecule has 1 aromatic heterocycles. The zero-order chi connectivity index (χ0) is 15.6. The van der Waals surface area contributed by atoms with Crippen molar-refractivity contribution in [1.29, 1.82) is 0 Å². The molecule has 0 saturated carbocycles. The Labute approximate surface area is 130 Å². The zero-order valence-electron chi connectivity index (χ0n) is 12.9. The number of likely N-dealkylation sites (N-methyl/N-ethyl adjacent to an activating group) is 1. The highest BCUT2D eigenvalue weighted by molar-refractivity contribution is 6.33. The largest absolute Gasteiger partial charge is 0.366 e. The van der Waals surface area contributed by atoms with Crippen LogP contribution < -0.4 is 16.2 Å². The number of nitrogens with zero attached hydrogens (tertiary/aromatic N) is 4. The maximum atomic E-state index is 12.3. The number of anilines is 1. The second-order valence-electron chi connectivity index (χ2n) is 6.00. The second kappa shape index (κ2) is 6.77. The summed E-state index contributed by atoms with van der Waals surface area (Å²) in [4.78, 5) is 16.5. The number of hydrogen-bond donors (Lipinski definition) is 1. The first kappa shape index (κ1) is 16.3. The van der Waals surface area contributed by atoms with Crippen molar-refractivity contribution in [2.24, 2.45) is 5.73 Å². The van der Waals surface area contributed by atoms with Gasteiger partial charge in [0.1, 0.15) is 5.02 Å². The van der Waals surface area contributed by atoms with E-state index < -0.39 is 0 Å². The average molecular weight is 314 g/mol. The van der Waals surface area contributed by atoms with Crippen LogP contribution in [0.2, 0.25) is 5.02 Å². The third kappa shape index (κ3) is 3.75. The topological polar surface area (TPSA) is 67.4 Å². The molecule has 2 N–H and O–H groups in total. The van der Waals surface area contributed by atoms with Crippen LogP contribution in [0.1, 0.15) is 19.8 Å². The molecule has 1 aliphatic rings. The van der Waals surface area contributed by atoms with Gasteiger partial charge in [0.15, 0.2) is 0 Å². The van der Waals surface area contributed by atoms with E-state index in [4.69, 9.17) is 17.3 Å². The maximum Gasteiger partial charge on any atom is 0.287 e. The normalized spacial score (nSPS) is 22.9. The minimum Gasteiger partial charge on any atom is -0.366 e. The van der Waals surface area contributed by atoms with Gasteiger partial charge >= 0.3 is 0 Å². The molecule has 1 aliphatic heterocycles. The molecule has 21 heavy (non-hydrogen) atoms. The minimum absolute atomic E-state index is 0.224. The summed E-state index contributed by atoms with van der Waals surface area (Å²) in [7, 11) is 3.92. The summed E-state index contributed by atoms with van der Waals surface area (Å²) in [5.41, 5.74) is 6.48. The Morgan fingerprint density at radius 1 is 1.52 bits per heavy atom. The molecule has 0 radical (unpaired) electrons. The summed E-state index contributed by atoms with van der Waals surface area (Å²) >= 11 is 6.29. The van der Waals surface area contributed by atoms with E-state index in [0.717, 1.165) is 31.6 Å². The lowest BCUT2D eigenvalue weighted by Gasteiger charge is -2.38. The number of rotatable bonds is 4. The van der Waals surface area contributed by atoms with Crippen LogP contribution in [0.4, 0.5) is 5.69 Å². The number of hydrogen-bond acceptors (Lipinski definition) is 5. The lowest BCUT2D eigenvalue weighted by atomic mass is 9.99. The monoisotopic (exact) mass is 313 g/mol. The molecule has 0 aromatic carbocycles. The van der Waals surface area contributed by atoms with Crippen LogP contribution in [0.25, 0.3) is 0 Å². The molecular weight excluding hydrogens is 290 g/mol. The van der Waals surface area contributed by atoms with Crippen molar-refractivity contribution in [3.05, 3.63) is 21.6 Å². The first-order chi connectivity index (χ1) is 9.90. The molecule has 6 nitrogen and oxygen atoms in total. The van der Waals surface area contributed by atoms with Gasteiger partial charge in [-0.05, 0) is 33.9 Å². The van der Waals surface area contributed by atoms with Crippen LogP contribution in [-0.4, -0.2) is 53.9 Å². The van der Waals surface area contributed by atoms with Gasteiger partial charge in [0.2, 0.25) is 0 Å². The van der Waals surface area contributed by atoms with Gasteiger partial charge in [0, 0.05) is 25.2 Å². The summed E-state index contributed by atoms with van der Waals surface area (Å²) in [5.74, 6) is 0. The second-order valence-corrected chi connectivity index (χ2v) is 6.38. The van der Waals surface area contributed by atoms with Crippen molar-refractivity contribution in [1.82, 2.24) is 14.7 Å².